The smallest absolute Gasteiger partial charge is 0.188 e. The van der Waals surface area contributed by atoms with E-state index in [0.29, 0.717) is 25.7 Å². The molecule has 0 saturated carbocycles. The summed E-state index contributed by atoms with van der Waals surface area (Å²) < 4.78 is 4.92. The van der Waals surface area contributed by atoms with Crippen molar-refractivity contribution in [2.45, 2.75) is 12.8 Å². The Kier molecular flexibility index (Phi) is 8.06. The largest absolute Gasteiger partial charge is 0.383 e. The van der Waals surface area contributed by atoms with Crippen molar-refractivity contribution in [3.8, 4) is 0 Å². The van der Waals surface area contributed by atoms with Crippen LogP contribution in [0.2, 0.25) is 0 Å². The van der Waals surface area contributed by atoms with E-state index in [-0.39, 0.29) is 24.0 Å². The normalized spacial score (nSPS) is 11.4. The number of fused-ring (bicyclic) bond motifs is 1. The number of imidazole rings is 1. The molecule has 2 rings (SSSR count). The Labute approximate surface area is 141 Å². The molecule has 0 aliphatic heterocycles. The van der Waals surface area contributed by atoms with Crippen molar-refractivity contribution in [3.63, 3.8) is 0 Å². The first-order valence-corrected chi connectivity index (χ1v) is 6.76. The molecule has 0 aliphatic rings. The Balaban J connectivity index is 0.00000220. The molecule has 0 bridgehead atoms. The monoisotopic (exact) mass is 403 g/mol. The zero-order valence-corrected chi connectivity index (χ0v) is 14.5. The third kappa shape index (κ3) is 5.88. The lowest BCUT2D eigenvalue weighted by Gasteiger charge is -2.04. The number of hydrogen-bond acceptors (Lipinski definition) is 3. The molecule has 1 aromatic heterocycles. The van der Waals surface area contributed by atoms with Gasteiger partial charge in [0.2, 0.25) is 0 Å². The van der Waals surface area contributed by atoms with Crippen molar-refractivity contribution in [3.05, 3.63) is 30.1 Å². The molecular weight excluding hydrogens is 381 g/mol. The maximum absolute atomic E-state index is 5.72. The number of halogens is 1. The number of aromatic amines is 1. The van der Waals surface area contributed by atoms with E-state index in [0.717, 1.165) is 29.7 Å². The second kappa shape index (κ2) is 9.56. The molecule has 0 spiro atoms. The fourth-order valence-corrected chi connectivity index (χ4v) is 1.91. The Morgan fingerprint density at radius 2 is 2.24 bits per heavy atom. The molecule has 0 amide bonds. The molecule has 6 nitrogen and oxygen atoms in total. The van der Waals surface area contributed by atoms with Crippen molar-refractivity contribution in [1.82, 2.24) is 15.3 Å². The number of nitrogens with two attached hydrogens (primary N) is 1. The highest BCUT2D eigenvalue weighted by molar-refractivity contribution is 14.0. The third-order valence-electron chi connectivity index (χ3n) is 2.90. The second-order valence-corrected chi connectivity index (χ2v) is 4.49. The number of aromatic nitrogens is 2. The highest BCUT2D eigenvalue weighted by Gasteiger charge is 2.01. The summed E-state index contributed by atoms with van der Waals surface area (Å²) in [6.45, 7) is 1.98. The van der Waals surface area contributed by atoms with Gasteiger partial charge in [-0.15, -0.1) is 24.0 Å². The van der Waals surface area contributed by atoms with E-state index in [1.807, 2.05) is 24.3 Å². The minimum absolute atomic E-state index is 0. The number of H-pyrrole nitrogens is 1. The van der Waals surface area contributed by atoms with Crippen LogP contribution in [0.1, 0.15) is 12.2 Å². The predicted octanol–water partition coefficient (Wildman–Crippen LogP) is 1.66. The van der Waals surface area contributed by atoms with Crippen LogP contribution in [0.3, 0.4) is 0 Å². The van der Waals surface area contributed by atoms with Gasteiger partial charge in [0.1, 0.15) is 5.82 Å². The standard InChI is InChI=1S/C14H21N5O.HI/c1-20-10-9-17-14(15)16-8-4-7-13-18-11-5-2-3-6-12(11)19-13;/h2-3,5-6H,4,7-10H2,1H3,(H,18,19)(H3,15,16,17);1H. The number of ether oxygens (including phenoxy) is 1. The number of hydrogen-bond donors (Lipinski definition) is 3. The van der Waals surface area contributed by atoms with Gasteiger partial charge in [-0.3, -0.25) is 4.99 Å². The molecule has 4 N–H and O–H groups in total. The number of para-hydroxylation sites is 2. The van der Waals surface area contributed by atoms with Gasteiger partial charge in [0.15, 0.2) is 5.96 Å². The lowest BCUT2D eigenvalue weighted by atomic mass is 10.3. The predicted molar refractivity (Wildman–Crippen MR) is 96.2 cm³/mol. The molecule has 0 aliphatic carbocycles. The molecule has 116 valence electrons. The summed E-state index contributed by atoms with van der Waals surface area (Å²) in [6.07, 6.45) is 1.77. The number of aliphatic imine (C=N–C) groups is 1. The summed E-state index contributed by atoms with van der Waals surface area (Å²) in [5.74, 6) is 1.46. The van der Waals surface area contributed by atoms with Gasteiger partial charge in [-0.05, 0) is 18.6 Å². The summed E-state index contributed by atoms with van der Waals surface area (Å²) in [5, 5.41) is 2.98. The molecule has 1 heterocycles. The quantitative estimate of drug-likeness (QED) is 0.284. The Hall–Kier alpha value is -1.35. The molecule has 7 heteroatoms. The van der Waals surface area contributed by atoms with Crippen LogP contribution < -0.4 is 11.1 Å². The number of benzene rings is 1. The number of aryl methyl sites for hydroxylation is 1. The van der Waals surface area contributed by atoms with Gasteiger partial charge >= 0.3 is 0 Å². The van der Waals surface area contributed by atoms with Gasteiger partial charge < -0.3 is 20.8 Å². The van der Waals surface area contributed by atoms with Crippen molar-refractivity contribution in [1.29, 1.82) is 0 Å². The molecule has 0 saturated heterocycles. The number of nitrogens with one attached hydrogen (secondary N) is 2. The number of rotatable bonds is 7. The SMILES string of the molecule is COCCNC(N)=NCCCc1nc2ccccc2[nH]1.I. The number of methoxy groups -OCH3 is 1. The zero-order chi connectivity index (χ0) is 14.2. The number of guanidine groups is 1. The van der Waals surface area contributed by atoms with Crippen LogP contribution in [-0.4, -0.2) is 42.7 Å². The molecule has 21 heavy (non-hydrogen) atoms. The Morgan fingerprint density at radius 3 is 3.00 bits per heavy atom. The summed E-state index contributed by atoms with van der Waals surface area (Å²) in [5.41, 5.74) is 7.80. The maximum atomic E-state index is 5.72. The topological polar surface area (TPSA) is 88.3 Å². The Bertz CT molecular complexity index is 536. The van der Waals surface area contributed by atoms with Gasteiger partial charge in [-0.2, -0.15) is 0 Å². The van der Waals surface area contributed by atoms with Crippen molar-refractivity contribution < 1.29 is 4.74 Å². The van der Waals surface area contributed by atoms with Gasteiger partial charge in [-0.1, -0.05) is 12.1 Å². The van der Waals surface area contributed by atoms with Crippen LogP contribution in [-0.2, 0) is 11.2 Å². The van der Waals surface area contributed by atoms with E-state index in [2.05, 4.69) is 20.3 Å². The highest BCUT2D eigenvalue weighted by atomic mass is 127. The molecule has 0 radical (unpaired) electrons. The lowest BCUT2D eigenvalue weighted by Crippen LogP contribution is -2.34. The summed E-state index contributed by atoms with van der Waals surface area (Å²) >= 11 is 0. The zero-order valence-electron chi connectivity index (χ0n) is 12.1. The van der Waals surface area contributed by atoms with E-state index < -0.39 is 0 Å². The van der Waals surface area contributed by atoms with E-state index in [4.69, 9.17) is 10.5 Å². The first-order chi connectivity index (χ1) is 9.79. The average Bonchev–Trinajstić information content (AvgIpc) is 2.86. The van der Waals surface area contributed by atoms with Gasteiger partial charge in [0.25, 0.3) is 0 Å². The third-order valence-corrected chi connectivity index (χ3v) is 2.90. The first-order valence-electron chi connectivity index (χ1n) is 6.76. The first kappa shape index (κ1) is 17.7. The maximum Gasteiger partial charge on any atom is 0.188 e. The van der Waals surface area contributed by atoms with Crippen LogP contribution in [0.15, 0.2) is 29.3 Å². The second-order valence-electron chi connectivity index (χ2n) is 4.49. The molecule has 1 aromatic carbocycles. The number of nitrogens with zero attached hydrogens (tertiary/aromatic N) is 2. The molecule has 0 unspecified atom stereocenters. The molecule has 0 fully saturated rings. The fraction of sp³-hybridized carbons (Fsp3) is 0.429. The van der Waals surface area contributed by atoms with Crippen LogP contribution in [0, 0.1) is 0 Å². The Morgan fingerprint density at radius 1 is 1.43 bits per heavy atom. The summed E-state index contributed by atoms with van der Waals surface area (Å²) in [7, 11) is 1.66. The lowest BCUT2D eigenvalue weighted by molar-refractivity contribution is 0.204. The molecular formula is C14H22IN5O. The van der Waals surface area contributed by atoms with Crippen LogP contribution in [0.25, 0.3) is 11.0 Å². The fourth-order valence-electron chi connectivity index (χ4n) is 1.91. The minimum Gasteiger partial charge on any atom is -0.383 e. The molecule has 2 aromatic rings. The van der Waals surface area contributed by atoms with Crippen LogP contribution in [0.4, 0.5) is 0 Å². The van der Waals surface area contributed by atoms with E-state index in [1.54, 1.807) is 7.11 Å². The van der Waals surface area contributed by atoms with Crippen LogP contribution >= 0.6 is 24.0 Å². The van der Waals surface area contributed by atoms with Crippen molar-refractivity contribution in [2.75, 3.05) is 26.8 Å². The average molecular weight is 403 g/mol. The van der Waals surface area contributed by atoms with E-state index in [1.165, 1.54) is 0 Å². The summed E-state index contributed by atoms with van der Waals surface area (Å²) in [6, 6.07) is 8.03. The van der Waals surface area contributed by atoms with Crippen molar-refractivity contribution in [2.24, 2.45) is 10.7 Å². The highest BCUT2D eigenvalue weighted by Crippen LogP contribution is 2.11. The van der Waals surface area contributed by atoms with Gasteiger partial charge in [0, 0.05) is 26.6 Å². The van der Waals surface area contributed by atoms with E-state index >= 15 is 0 Å². The van der Waals surface area contributed by atoms with E-state index in [9.17, 15) is 0 Å². The van der Waals surface area contributed by atoms with Gasteiger partial charge in [-0.25, -0.2) is 4.98 Å². The summed E-state index contributed by atoms with van der Waals surface area (Å²) in [4.78, 5) is 12.1. The minimum atomic E-state index is 0. The van der Waals surface area contributed by atoms with Crippen molar-refractivity contribution >= 4 is 41.0 Å². The van der Waals surface area contributed by atoms with Gasteiger partial charge in [0.05, 0.1) is 17.6 Å². The molecule has 0 atom stereocenters. The van der Waals surface area contributed by atoms with Crippen LogP contribution in [0.5, 0.6) is 0 Å².